The largest absolute Gasteiger partial charge is 0.374 e. The van der Waals surface area contributed by atoms with E-state index in [9.17, 15) is 9.90 Å². The maximum Gasteiger partial charge on any atom is 0.188 e. The van der Waals surface area contributed by atoms with E-state index in [0.717, 1.165) is 12.0 Å². The Morgan fingerprint density at radius 1 is 1.38 bits per heavy atom. The number of carbonyl (C=O) groups is 1. The molecule has 0 heterocycles. The number of hydrogen-bond donors (Lipinski definition) is 1. The molecule has 0 aliphatic rings. The van der Waals surface area contributed by atoms with Crippen LogP contribution in [0, 0.1) is 6.10 Å². The zero-order valence-corrected chi connectivity index (χ0v) is 7.87. The summed E-state index contributed by atoms with van der Waals surface area (Å²) in [6.07, 6.45) is 0.672. The van der Waals surface area contributed by atoms with Gasteiger partial charge in [0.05, 0.1) is 0 Å². The lowest BCUT2D eigenvalue weighted by Crippen LogP contribution is -2.10. The second-order valence-electron chi connectivity index (χ2n) is 2.92. The predicted molar refractivity (Wildman–Crippen MR) is 50.8 cm³/mol. The molecule has 0 unspecified atom stereocenters. The van der Waals surface area contributed by atoms with Gasteiger partial charge in [-0.15, -0.1) is 0 Å². The minimum absolute atomic E-state index is 0.141. The van der Waals surface area contributed by atoms with Crippen molar-refractivity contribution in [3.8, 4) is 0 Å². The van der Waals surface area contributed by atoms with Crippen LogP contribution in [0.4, 0.5) is 0 Å². The van der Waals surface area contributed by atoms with Gasteiger partial charge in [-0.2, -0.15) is 0 Å². The molecule has 1 aromatic rings. The molecule has 0 spiro atoms. The maximum atomic E-state index is 10.9. The maximum absolute atomic E-state index is 10.9. The van der Waals surface area contributed by atoms with Gasteiger partial charge < -0.3 is 5.11 Å². The SMILES string of the molecule is CCc1ccccc1[C](O)C(C)=O. The van der Waals surface area contributed by atoms with Crippen molar-refractivity contribution in [1.29, 1.82) is 0 Å². The zero-order chi connectivity index (χ0) is 9.84. The van der Waals surface area contributed by atoms with Crippen LogP contribution in [0.3, 0.4) is 0 Å². The van der Waals surface area contributed by atoms with Crippen LogP contribution in [-0.4, -0.2) is 10.9 Å². The van der Waals surface area contributed by atoms with Crippen LogP contribution < -0.4 is 0 Å². The van der Waals surface area contributed by atoms with Gasteiger partial charge in [0.2, 0.25) is 0 Å². The molecule has 0 aromatic heterocycles. The Morgan fingerprint density at radius 3 is 2.54 bits per heavy atom. The van der Waals surface area contributed by atoms with Crippen LogP contribution in [0.25, 0.3) is 0 Å². The molecular formula is C11H13O2. The van der Waals surface area contributed by atoms with Crippen molar-refractivity contribution in [3.05, 3.63) is 41.5 Å². The van der Waals surface area contributed by atoms with E-state index in [-0.39, 0.29) is 11.9 Å². The third-order valence-electron chi connectivity index (χ3n) is 1.99. The minimum atomic E-state index is -0.291. The molecule has 0 aliphatic carbocycles. The first-order chi connectivity index (χ1) is 6.16. The van der Waals surface area contributed by atoms with E-state index in [1.165, 1.54) is 6.92 Å². The molecule has 69 valence electrons. The average molecular weight is 177 g/mol. The summed E-state index contributed by atoms with van der Waals surface area (Å²) in [6.45, 7) is 3.36. The lowest BCUT2D eigenvalue weighted by atomic mass is 9.99. The molecular weight excluding hydrogens is 164 g/mol. The minimum Gasteiger partial charge on any atom is -0.374 e. The van der Waals surface area contributed by atoms with Crippen molar-refractivity contribution < 1.29 is 9.90 Å². The van der Waals surface area contributed by atoms with Gasteiger partial charge in [-0.05, 0) is 24.5 Å². The summed E-state index contributed by atoms with van der Waals surface area (Å²) in [5.74, 6) is -0.291. The molecule has 0 amide bonds. The Hall–Kier alpha value is -1.15. The highest BCUT2D eigenvalue weighted by Crippen LogP contribution is 2.18. The summed E-state index contributed by atoms with van der Waals surface area (Å²) in [6, 6.07) is 7.38. The second-order valence-corrected chi connectivity index (χ2v) is 2.92. The molecule has 0 aliphatic heterocycles. The summed E-state index contributed by atoms with van der Waals surface area (Å²) >= 11 is 0. The number of carbonyl (C=O) groups excluding carboxylic acids is 1. The standard InChI is InChI=1S/C11H13O2/c1-3-9-6-4-5-7-10(9)11(13)8(2)12/h4-7,13H,3H2,1-2H3. The van der Waals surface area contributed by atoms with Crippen molar-refractivity contribution in [1.82, 2.24) is 0 Å². The first-order valence-corrected chi connectivity index (χ1v) is 4.32. The summed E-state index contributed by atoms with van der Waals surface area (Å²) in [4.78, 5) is 10.9. The van der Waals surface area contributed by atoms with Crippen LogP contribution >= 0.6 is 0 Å². The third-order valence-corrected chi connectivity index (χ3v) is 1.99. The van der Waals surface area contributed by atoms with Gasteiger partial charge in [0.25, 0.3) is 0 Å². The Bertz CT molecular complexity index is 305. The van der Waals surface area contributed by atoms with Crippen molar-refractivity contribution >= 4 is 5.78 Å². The highest BCUT2D eigenvalue weighted by Gasteiger charge is 2.16. The number of aryl methyl sites for hydroxylation is 1. The summed E-state index contributed by atoms with van der Waals surface area (Å²) in [5.41, 5.74) is 1.65. The van der Waals surface area contributed by atoms with E-state index in [4.69, 9.17) is 0 Å². The topological polar surface area (TPSA) is 37.3 Å². The van der Waals surface area contributed by atoms with Gasteiger partial charge in [0.1, 0.15) is 0 Å². The van der Waals surface area contributed by atoms with E-state index in [2.05, 4.69) is 0 Å². The van der Waals surface area contributed by atoms with Crippen LogP contribution in [0.1, 0.15) is 25.0 Å². The molecule has 0 saturated carbocycles. The van der Waals surface area contributed by atoms with E-state index in [1.807, 2.05) is 25.1 Å². The molecule has 13 heavy (non-hydrogen) atoms. The van der Waals surface area contributed by atoms with Crippen molar-refractivity contribution in [3.63, 3.8) is 0 Å². The van der Waals surface area contributed by atoms with E-state index in [1.54, 1.807) is 6.07 Å². The molecule has 1 rings (SSSR count). The highest BCUT2D eigenvalue weighted by molar-refractivity contribution is 5.92. The van der Waals surface area contributed by atoms with Crippen LogP contribution in [0.5, 0.6) is 0 Å². The Labute approximate surface area is 78.2 Å². The summed E-state index contributed by atoms with van der Waals surface area (Å²) < 4.78 is 0. The van der Waals surface area contributed by atoms with Gasteiger partial charge in [0.15, 0.2) is 11.9 Å². The normalized spacial score (nSPS) is 10.5. The smallest absolute Gasteiger partial charge is 0.188 e. The molecule has 0 bridgehead atoms. The molecule has 1 aromatic carbocycles. The zero-order valence-electron chi connectivity index (χ0n) is 7.87. The van der Waals surface area contributed by atoms with Gasteiger partial charge in [-0.25, -0.2) is 0 Å². The molecule has 2 heteroatoms. The third kappa shape index (κ3) is 2.16. The Kier molecular flexibility index (Phi) is 3.20. The number of rotatable bonds is 3. The van der Waals surface area contributed by atoms with Gasteiger partial charge in [-0.1, -0.05) is 31.2 Å². The number of benzene rings is 1. The second kappa shape index (κ2) is 4.19. The number of Topliss-reactive ketones (excluding diaryl/α,β-unsaturated/α-hetero) is 1. The molecule has 1 N–H and O–H groups in total. The van der Waals surface area contributed by atoms with Crippen LogP contribution in [0.2, 0.25) is 0 Å². The number of aliphatic hydroxyl groups excluding tert-OH is 1. The van der Waals surface area contributed by atoms with Crippen molar-refractivity contribution in [2.75, 3.05) is 0 Å². The van der Waals surface area contributed by atoms with Crippen molar-refractivity contribution in [2.45, 2.75) is 20.3 Å². The van der Waals surface area contributed by atoms with E-state index < -0.39 is 0 Å². The monoisotopic (exact) mass is 177 g/mol. The molecule has 2 nitrogen and oxygen atoms in total. The fourth-order valence-corrected chi connectivity index (χ4v) is 1.25. The summed E-state index contributed by atoms with van der Waals surface area (Å²) in [5, 5.41) is 9.48. The van der Waals surface area contributed by atoms with Crippen molar-refractivity contribution in [2.24, 2.45) is 0 Å². The number of ketones is 1. The number of aliphatic hydroxyl groups is 1. The van der Waals surface area contributed by atoms with Gasteiger partial charge in [0, 0.05) is 0 Å². The average Bonchev–Trinajstić information content (AvgIpc) is 2.16. The van der Waals surface area contributed by atoms with Gasteiger partial charge >= 0.3 is 0 Å². The first kappa shape index (κ1) is 9.93. The Morgan fingerprint density at radius 2 is 2.00 bits per heavy atom. The predicted octanol–water partition coefficient (Wildman–Crippen LogP) is 2.09. The molecule has 0 atom stereocenters. The summed E-state index contributed by atoms with van der Waals surface area (Å²) in [7, 11) is 0. The Balaban J connectivity index is 3.05. The quantitative estimate of drug-likeness (QED) is 0.767. The van der Waals surface area contributed by atoms with Gasteiger partial charge in [-0.3, -0.25) is 4.79 Å². The number of hydrogen-bond acceptors (Lipinski definition) is 2. The fraction of sp³-hybridized carbons (Fsp3) is 0.273. The van der Waals surface area contributed by atoms with E-state index >= 15 is 0 Å². The molecule has 0 fully saturated rings. The fourth-order valence-electron chi connectivity index (χ4n) is 1.25. The van der Waals surface area contributed by atoms with E-state index in [0.29, 0.717) is 5.56 Å². The lowest BCUT2D eigenvalue weighted by molar-refractivity contribution is -0.118. The molecule has 1 radical (unpaired) electrons. The van der Waals surface area contributed by atoms with Crippen LogP contribution in [-0.2, 0) is 11.2 Å². The highest BCUT2D eigenvalue weighted by atomic mass is 16.3. The van der Waals surface area contributed by atoms with Crippen LogP contribution in [0.15, 0.2) is 24.3 Å². The lowest BCUT2D eigenvalue weighted by Gasteiger charge is -2.09. The molecule has 0 saturated heterocycles. The first-order valence-electron chi connectivity index (χ1n) is 4.32.